The third-order valence-corrected chi connectivity index (χ3v) is 2.15. The number of hydrogen-bond acceptors (Lipinski definition) is 0. The first-order chi connectivity index (χ1) is 4.88. The third kappa shape index (κ3) is 0.929. The van der Waals surface area contributed by atoms with Crippen molar-refractivity contribution in [3.63, 3.8) is 0 Å². The molecule has 0 bridgehead atoms. The van der Waals surface area contributed by atoms with Crippen LogP contribution in [-0.2, 0) is 0 Å². The van der Waals surface area contributed by atoms with E-state index in [1.165, 1.54) is 12.0 Å². The zero-order chi connectivity index (χ0) is 6.97. The van der Waals surface area contributed by atoms with Crippen LogP contribution in [0.2, 0.25) is 0 Å². The first kappa shape index (κ1) is 5.93. The van der Waals surface area contributed by atoms with Crippen molar-refractivity contribution in [2.75, 3.05) is 0 Å². The zero-order valence-corrected chi connectivity index (χ0v) is 5.96. The first-order valence-electron chi connectivity index (χ1n) is 3.76. The van der Waals surface area contributed by atoms with Gasteiger partial charge < -0.3 is 5.73 Å². The molecule has 1 nitrogen and oxygen atoms in total. The van der Waals surface area contributed by atoms with Crippen LogP contribution in [0.3, 0.4) is 0 Å². The lowest BCUT2D eigenvalue weighted by molar-refractivity contribution is -0.386. The normalized spacial score (nSPS) is 30.1. The summed E-state index contributed by atoms with van der Waals surface area (Å²) < 4.78 is 0. The fraction of sp³-hybridized carbons (Fsp3) is 0.333. The Bertz CT molecular complexity index is 217. The van der Waals surface area contributed by atoms with Crippen molar-refractivity contribution in [2.45, 2.75) is 18.4 Å². The second kappa shape index (κ2) is 2.10. The highest BCUT2D eigenvalue weighted by Crippen LogP contribution is 2.37. The largest absolute Gasteiger partial charge is 0.355 e. The van der Waals surface area contributed by atoms with Gasteiger partial charge in [0.15, 0.2) is 0 Å². The van der Waals surface area contributed by atoms with E-state index >= 15 is 0 Å². The molecule has 52 valence electrons. The average molecular weight is 134 g/mol. The van der Waals surface area contributed by atoms with E-state index in [0.717, 1.165) is 5.92 Å². The Morgan fingerprint density at radius 1 is 1.20 bits per heavy atom. The van der Waals surface area contributed by atoms with Crippen LogP contribution in [-0.4, -0.2) is 6.04 Å². The Kier molecular flexibility index (Phi) is 1.24. The van der Waals surface area contributed by atoms with Crippen LogP contribution in [0.5, 0.6) is 0 Å². The molecule has 2 unspecified atom stereocenters. The molecule has 0 aliphatic heterocycles. The highest BCUT2D eigenvalue weighted by atomic mass is 14.7. The minimum Gasteiger partial charge on any atom is -0.355 e. The highest BCUT2D eigenvalue weighted by Gasteiger charge is 2.38. The van der Waals surface area contributed by atoms with Crippen molar-refractivity contribution in [2.24, 2.45) is 0 Å². The maximum Gasteiger partial charge on any atom is 0.0923 e. The van der Waals surface area contributed by atoms with Crippen LogP contribution in [0.15, 0.2) is 30.3 Å². The molecule has 1 saturated carbocycles. The molecule has 3 N–H and O–H groups in total. The Hall–Kier alpha value is -0.820. The second-order valence-electron chi connectivity index (χ2n) is 3.01. The van der Waals surface area contributed by atoms with Gasteiger partial charge in [-0.15, -0.1) is 0 Å². The molecular formula is C9H12N+. The van der Waals surface area contributed by atoms with Gasteiger partial charge in [-0.3, -0.25) is 0 Å². The summed E-state index contributed by atoms with van der Waals surface area (Å²) in [6, 6.07) is 11.3. The lowest BCUT2D eigenvalue weighted by Crippen LogP contribution is -2.53. The summed E-state index contributed by atoms with van der Waals surface area (Å²) in [6.07, 6.45) is 1.28. The van der Waals surface area contributed by atoms with E-state index in [-0.39, 0.29) is 0 Å². The minimum atomic E-state index is 0.683. The SMILES string of the molecule is [NH3+]C1CC1c1ccccc1. The molecular weight excluding hydrogens is 122 g/mol. The van der Waals surface area contributed by atoms with Gasteiger partial charge in [-0.1, -0.05) is 30.3 Å². The Morgan fingerprint density at radius 3 is 2.30 bits per heavy atom. The first-order valence-corrected chi connectivity index (χ1v) is 3.76. The fourth-order valence-corrected chi connectivity index (χ4v) is 1.36. The molecule has 0 amide bonds. The van der Waals surface area contributed by atoms with Gasteiger partial charge in [-0.25, -0.2) is 0 Å². The van der Waals surface area contributed by atoms with Crippen LogP contribution < -0.4 is 5.73 Å². The van der Waals surface area contributed by atoms with E-state index in [0.29, 0.717) is 6.04 Å². The van der Waals surface area contributed by atoms with Crippen molar-refractivity contribution in [1.82, 2.24) is 0 Å². The number of hydrogen-bond donors (Lipinski definition) is 1. The highest BCUT2D eigenvalue weighted by molar-refractivity contribution is 5.25. The molecule has 0 spiro atoms. The summed E-state index contributed by atoms with van der Waals surface area (Å²) in [5, 5.41) is 0. The molecule has 1 aliphatic carbocycles. The van der Waals surface area contributed by atoms with Crippen LogP contribution in [0, 0.1) is 0 Å². The standard InChI is InChI=1S/C9H11N/c10-9-6-8(9)7-4-2-1-3-5-7/h1-5,8-9H,6,10H2/p+1. The van der Waals surface area contributed by atoms with Crippen LogP contribution in [0.4, 0.5) is 0 Å². The van der Waals surface area contributed by atoms with Crippen molar-refractivity contribution < 1.29 is 5.73 Å². The molecule has 2 atom stereocenters. The van der Waals surface area contributed by atoms with Gasteiger partial charge in [-0.05, 0) is 5.56 Å². The maximum atomic E-state index is 4.01. The fourth-order valence-electron chi connectivity index (χ4n) is 1.36. The van der Waals surface area contributed by atoms with Gasteiger partial charge in [-0.2, -0.15) is 0 Å². The molecule has 1 aromatic rings. The predicted molar refractivity (Wildman–Crippen MR) is 40.5 cm³/mol. The predicted octanol–water partition coefficient (Wildman–Crippen LogP) is 0.784. The van der Waals surface area contributed by atoms with Crippen molar-refractivity contribution in [3.8, 4) is 0 Å². The lowest BCUT2D eigenvalue weighted by atomic mass is 10.1. The van der Waals surface area contributed by atoms with E-state index in [4.69, 9.17) is 0 Å². The molecule has 0 radical (unpaired) electrons. The Morgan fingerprint density at radius 2 is 1.80 bits per heavy atom. The Labute approximate surface area is 60.9 Å². The topological polar surface area (TPSA) is 27.6 Å². The van der Waals surface area contributed by atoms with E-state index in [1.54, 1.807) is 0 Å². The summed E-state index contributed by atoms with van der Waals surface area (Å²) in [4.78, 5) is 0. The third-order valence-electron chi connectivity index (χ3n) is 2.15. The van der Waals surface area contributed by atoms with Gasteiger partial charge in [0.1, 0.15) is 0 Å². The summed E-state index contributed by atoms with van der Waals surface area (Å²) in [5.41, 5.74) is 5.47. The zero-order valence-electron chi connectivity index (χ0n) is 5.96. The Balaban J connectivity index is 2.20. The van der Waals surface area contributed by atoms with Crippen LogP contribution in [0.25, 0.3) is 0 Å². The number of benzene rings is 1. The lowest BCUT2D eigenvalue weighted by Gasteiger charge is -1.92. The molecule has 0 saturated heterocycles. The van der Waals surface area contributed by atoms with E-state index in [2.05, 4.69) is 36.1 Å². The van der Waals surface area contributed by atoms with Gasteiger partial charge in [0.05, 0.1) is 6.04 Å². The minimum absolute atomic E-state index is 0.683. The number of rotatable bonds is 1. The molecule has 1 aromatic carbocycles. The molecule has 1 heteroatoms. The van der Waals surface area contributed by atoms with Gasteiger partial charge >= 0.3 is 0 Å². The maximum absolute atomic E-state index is 4.01. The molecule has 10 heavy (non-hydrogen) atoms. The quantitative estimate of drug-likeness (QED) is 0.588. The molecule has 2 rings (SSSR count). The summed E-state index contributed by atoms with van der Waals surface area (Å²) in [6.45, 7) is 0. The van der Waals surface area contributed by atoms with Crippen molar-refractivity contribution in [1.29, 1.82) is 0 Å². The van der Waals surface area contributed by atoms with Gasteiger partial charge in [0, 0.05) is 12.3 Å². The van der Waals surface area contributed by atoms with E-state index in [9.17, 15) is 0 Å². The molecule has 1 fully saturated rings. The second-order valence-corrected chi connectivity index (χ2v) is 3.01. The molecule has 0 heterocycles. The van der Waals surface area contributed by atoms with Crippen LogP contribution >= 0.6 is 0 Å². The van der Waals surface area contributed by atoms with Crippen molar-refractivity contribution in [3.05, 3.63) is 35.9 Å². The summed E-state index contributed by atoms with van der Waals surface area (Å²) >= 11 is 0. The summed E-state index contributed by atoms with van der Waals surface area (Å²) in [7, 11) is 0. The van der Waals surface area contributed by atoms with Crippen LogP contribution in [0.1, 0.15) is 17.9 Å². The summed E-state index contributed by atoms with van der Waals surface area (Å²) in [5.74, 6) is 0.765. The van der Waals surface area contributed by atoms with E-state index < -0.39 is 0 Å². The average Bonchev–Trinajstić information content (AvgIpc) is 2.69. The van der Waals surface area contributed by atoms with Gasteiger partial charge in [0.25, 0.3) is 0 Å². The van der Waals surface area contributed by atoms with Gasteiger partial charge in [0.2, 0.25) is 0 Å². The molecule has 0 aromatic heterocycles. The van der Waals surface area contributed by atoms with Crippen molar-refractivity contribution >= 4 is 0 Å². The van der Waals surface area contributed by atoms with E-state index in [1.807, 2.05) is 0 Å². The monoisotopic (exact) mass is 134 g/mol. The number of quaternary nitrogens is 1. The molecule has 1 aliphatic rings. The smallest absolute Gasteiger partial charge is 0.0923 e.